The van der Waals surface area contributed by atoms with Crippen molar-refractivity contribution in [2.24, 2.45) is 0 Å². The summed E-state index contributed by atoms with van der Waals surface area (Å²) in [6, 6.07) is 8.75. The van der Waals surface area contributed by atoms with E-state index in [1.54, 1.807) is 24.1 Å². The second-order valence-corrected chi connectivity index (χ2v) is 12.4. The molecule has 6 nitrogen and oxygen atoms in total. The third-order valence-corrected chi connectivity index (χ3v) is 9.00. The number of rotatable bonds is 9. The van der Waals surface area contributed by atoms with Crippen molar-refractivity contribution in [2.75, 3.05) is 36.5 Å². The van der Waals surface area contributed by atoms with Crippen LogP contribution in [-0.2, 0) is 10.2 Å². The molecular weight excluding hydrogens is 536 g/mol. The SMILES string of the molecule is C=CN(c1c(C(C)C)cc(OCCN2CCC3(CC2)C(=O)Nc2ccc(Cl)cc23)cc1C(F)F)C1CC(C)(O)C1. The van der Waals surface area contributed by atoms with Gasteiger partial charge in [-0.15, -0.1) is 0 Å². The van der Waals surface area contributed by atoms with Crippen molar-refractivity contribution in [1.29, 1.82) is 0 Å². The van der Waals surface area contributed by atoms with Crippen molar-refractivity contribution in [2.45, 2.75) is 75.9 Å². The molecule has 0 radical (unpaired) electrons. The lowest BCUT2D eigenvalue weighted by molar-refractivity contribution is -0.122. The highest BCUT2D eigenvalue weighted by molar-refractivity contribution is 6.31. The van der Waals surface area contributed by atoms with Gasteiger partial charge in [-0.2, -0.15) is 0 Å². The largest absolute Gasteiger partial charge is 0.492 e. The molecule has 5 rings (SSSR count). The highest BCUT2D eigenvalue weighted by Gasteiger charge is 2.48. The zero-order valence-corrected chi connectivity index (χ0v) is 24.1. The van der Waals surface area contributed by atoms with E-state index in [1.165, 1.54) is 6.07 Å². The van der Waals surface area contributed by atoms with E-state index in [4.69, 9.17) is 16.3 Å². The molecule has 0 unspecified atom stereocenters. The number of likely N-dealkylation sites (tertiary alicyclic amines) is 1. The van der Waals surface area contributed by atoms with E-state index in [2.05, 4.69) is 16.8 Å². The molecule has 9 heteroatoms. The number of ether oxygens (including phenoxy) is 1. The van der Waals surface area contributed by atoms with Gasteiger partial charge in [0.05, 0.1) is 16.7 Å². The molecule has 2 aromatic carbocycles. The molecule has 2 fully saturated rings. The Balaban J connectivity index is 1.26. The zero-order valence-electron chi connectivity index (χ0n) is 23.4. The Morgan fingerprint density at radius 2 is 1.90 bits per heavy atom. The number of halogens is 3. The summed E-state index contributed by atoms with van der Waals surface area (Å²) in [5, 5.41) is 13.9. The van der Waals surface area contributed by atoms with Crippen LogP contribution >= 0.6 is 11.6 Å². The quantitative estimate of drug-likeness (QED) is 0.352. The van der Waals surface area contributed by atoms with Gasteiger partial charge in [-0.05, 0) is 99.3 Å². The van der Waals surface area contributed by atoms with E-state index >= 15 is 0 Å². The number of hydrogen-bond acceptors (Lipinski definition) is 5. The minimum Gasteiger partial charge on any atom is -0.492 e. The first-order valence-corrected chi connectivity index (χ1v) is 14.4. The first kappa shape index (κ1) is 28.8. The molecule has 2 heterocycles. The number of nitrogens with one attached hydrogen (secondary N) is 1. The molecule has 2 aromatic rings. The summed E-state index contributed by atoms with van der Waals surface area (Å²) < 4.78 is 34.8. The molecule has 1 saturated heterocycles. The number of fused-ring (bicyclic) bond motifs is 2. The molecule has 0 aromatic heterocycles. The number of benzene rings is 2. The van der Waals surface area contributed by atoms with Crippen molar-refractivity contribution < 1.29 is 23.4 Å². The number of piperidine rings is 1. The molecule has 0 bridgehead atoms. The van der Waals surface area contributed by atoms with Crippen molar-refractivity contribution >= 4 is 28.9 Å². The van der Waals surface area contributed by atoms with Gasteiger partial charge < -0.3 is 20.1 Å². The van der Waals surface area contributed by atoms with Gasteiger partial charge in [0.15, 0.2) is 0 Å². The number of amides is 1. The number of hydrogen-bond donors (Lipinski definition) is 2. The Morgan fingerprint density at radius 3 is 2.50 bits per heavy atom. The summed E-state index contributed by atoms with van der Waals surface area (Å²) in [6.45, 7) is 12.0. The Bertz CT molecular complexity index is 1250. The van der Waals surface area contributed by atoms with Crippen molar-refractivity contribution in [1.82, 2.24) is 4.90 Å². The molecule has 0 atom stereocenters. The van der Waals surface area contributed by atoms with Crippen LogP contribution in [0.15, 0.2) is 43.1 Å². The Labute approximate surface area is 239 Å². The van der Waals surface area contributed by atoms with Gasteiger partial charge >= 0.3 is 0 Å². The third-order valence-electron chi connectivity index (χ3n) is 8.76. The van der Waals surface area contributed by atoms with Crippen LogP contribution in [0, 0.1) is 0 Å². The van der Waals surface area contributed by atoms with Crippen molar-refractivity contribution in [3.05, 3.63) is 64.8 Å². The summed E-state index contributed by atoms with van der Waals surface area (Å²) in [5.41, 5.74) is 1.61. The average Bonchev–Trinajstić information content (AvgIpc) is 3.14. The molecule has 1 spiro atoms. The minimum absolute atomic E-state index is 0.0219. The van der Waals surface area contributed by atoms with E-state index in [1.807, 2.05) is 32.0 Å². The van der Waals surface area contributed by atoms with E-state index in [0.717, 1.165) is 29.9 Å². The highest BCUT2D eigenvalue weighted by atomic mass is 35.5. The summed E-state index contributed by atoms with van der Waals surface area (Å²) >= 11 is 6.23. The molecule has 1 aliphatic carbocycles. The highest BCUT2D eigenvalue weighted by Crippen LogP contribution is 2.47. The predicted molar refractivity (Wildman–Crippen MR) is 155 cm³/mol. The van der Waals surface area contributed by atoms with Crippen molar-refractivity contribution in [3.63, 3.8) is 0 Å². The van der Waals surface area contributed by atoms with E-state index in [9.17, 15) is 18.7 Å². The van der Waals surface area contributed by atoms with E-state index in [-0.39, 0.29) is 23.4 Å². The van der Waals surface area contributed by atoms with Crippen LogP contribution in [0.5, 0.6) is 5.75 Å². The summed E-state index contributed by atoms with van der Waals surface area (Å²) in [5.74, 6) is 0.423. The second kappa shape index (κ2) is 11.0. The molecule has 1 amide bonds. The third kappa shape index (κ3) is 5.33. The molecule has 40 heavy (non-hydrogen) atoms. The maximum absolute atomic E-state index is 14.4. The van der Waals surface area contributed by atoms with Gasteiger partial charge in [0.25, 0.3) is 6.43 Å². The maximum Gasteiger partial charge on any atom is 0.265 e. The Kier molecular flexibility index (Phi) is 7.89. The normalized spacial score (nSPS) is 23.7. The number of anilines is 2. The van der Waals surface area contributed by atoms with E-state index in [0.29, 0.717) is 55.3 Å². The zero-order chi connectivity index (χ0) is 28.8. The van der Waals surface area contributed by atoms with Crippen LogP contribution in [0.25, 0.3) is 0 Å². The van der Waals surface area contributed by atoms with Crippen LogP contribution in [0.1, 0.15) is 75.5 Å². The summed E-state index contributed by atoms with van der Waals surface area (Å²) in [6.07, 6.45) is 1.25. The lowest BCUT2D eigenvalue weighted by Crippen LogP contribution is -2.52. The minimum atomic E-state index is -2.69. The monoisotopic (exact) mass is 573 g/mol. The van der Waals surface area contributed by atoms with Crippen molar-refractivity contribution in [3.8, 4) is 5.75 Å². The smallest absolute Gasteiger partial charge is 0.265 e. The molecule has 2 aliphatic heterocycles. The fourth-order valence-corrected chi connectivity index (χ4v) is 6.72. The van der Waals surface area contributed by atoms with Gasteiger partial charge in [-0.25, -0.2) is 8.78 Å². The van der Waals surface area contributed by atoms with E-state index < -0.39 is 17.4 Å². The number of carbonyl (C=O) groups is 1. The number of aliphatic hydroxyl groups is 1. The van der Waals surface area contributed by atoms with Crippen LogP contribution in [0.2, 0.25) is 5.02 Å². The second-order valence-electron chi connectivity index (χ2n) is 12.0. The number of alkyl halides is 2. The topological polar surface area (TPSA) is 65.0 Å². The fraction of sp³-hybridized carbons (Fsp3) is 0.516. The van der Waals surface area contributed by atoms with Crippen LogP contribution < -0.4 is 15.0 Å². The molecule has 3 aliphatic rings. The molecule has 2 N–H and O–H groups in total. The lowest BCUT2D eigenvalue weighted by Gasteiger charge is -2.47. The van der Waals surface area contributed by atoms with Gasteiger partial charge in [-0.1, -0.05) is 32.0 Å². The van der Waals surface area contributed by atoms with Crippen LogP contribution in [0.4, 0.5) is 20.2 Å². The van der Waals surface area contributed by atoms with Crippen LogP contribution in [-0.4, -0.2) is 53.8 Å². The predicted octanol–water partition coefficient (Wildman–Crippen LogP) is 6.63. The average molecular weight is 574 g/mol. The van der Waals surface area contributed by atoms with Crippen LogP contribution in [0.3, 0.4) is 0 Å². The van der Waals surface area contributed by atoms with Gasteiger partial charge in [0, 0.05) is 28.9 Å². The number of nitrogens with zero attached hydrogens (tertiary/aromatic N) is 2. The van der Waals surface area contributed by atoms with Gasteiger partial charge in [-0.3, -0.25) is 9.69 Å². The maximum atomic E-state index is 14.4. The fourth-order valence-electron chi connectivity index (χ4n) is 6.55. The molecule has 1 saturated carbocycles. The first-order chi connectivity index (χ1) is 18.9. The number of carbonyl (C=O) groups excluding carboxylic acids is 1. The summed E-state index contributed by atoms with van der Waals surface area (Å²) in [4.78, 5) is 17.0. The molecule has 216 valence electrons. The first-order valence-electron chi connectivity index (χ1n) is 14.0. The van der Waals surface area contributed by atoms with Gasteiger partial charge in [0.2, 0.25) is 5.91 Å². The summed E-state index contributed by atoms with van der Waals surface area (Å²) in [7, 11) is 0. The molecular formula is C31H38ClF2N3O3. The Hall–Kier alpha value is -2.68. The standard InChI is InChI=1S/C31H38ClF2N3O3/c1-5-37(21-17-30(4,39)18-21)27-23(19(2)3)15-22(16-24(27)28(33)34)40-13-12-36-10-8-31(9-11-36)25-14-20(32)6-7-26(25)35-29(31)38/h5-7,14-16,19,21,28,39H,1,8-13,17-18H2,2-4H3,(H,35,38). The lowest BCUT2D eigenvalue weighted by atomic mass is 9.73. The van der Waals surface area contributed by atoms with Gasteiger partial charge in [0.1, 0.15) is 12.4 Å². The Morgan fingerprint density at radius 1 is 1.23 bits per heavy atom.